The minimum atomic E-state index is -0.141. The molecule has 0 unspecified atom stereocenters. The number of rotatable bonds is 2. The fourth-order valence-electron chi connectivity index (χ4n) is 1.02. The van der Waals surface area contributed by atoms with E-state index in [4.69, 9.17) is 34.8 Å². The first-order chi connectivity index (χ1) is 6.06. The molecule has 0 aromatic heterocycles. The molecule has 0 N–H and O–H groups in total. The van der Waals surface area contributed by atoms with Crippen molar-refractivity contribution < 1.29 is 4.79 Å². The van der Waals surface area contributed by atoms with Gasteiger partial charge in [-0.05, 0) is 24.6 Å². The zero-order valence-corrected chi connectivity index (χ0v) is 9.17. The Morgan fingerprint density at radius 1 is 1.31 bits per heavy atom. The SMILES string of the molecule is Cc1cc(Cl)c(Cl)cc1C(=O)CCl. The molecule has 4 heteroatoms. The molecule has 1 nitrogen and oxygen atoms in total. The molecule has 0 aliphatic heterocycles. The molecule has 0 aliphatic rings. The highest BCUT2D eigenvalue weighted by Crippen LogP contribution is 2.25. The van der Waals surface area contributed by atoms with E-state index in [0.717, 1.165) is 5.56 Å². The minimum absolute atomic E-state index is 0.0429. The van der Waals surface area contributed by atoms with Gasteiger partial charge in [0.2, 0.25) is 0 Å². The van der Waals surface area contributed by atoms with Gasteiger partial charge in [0.05, 0.1) is 15.9 Å². The lowest BCUT2D eigenvalue weighted by molar-refractivity contribution is 0.102. The molecule has 13 heavy (non-hydrogen) atoms. The molecule has 0 fully saturated rings. The van der Waals surface area contributed by atoms with Crippen LogP contribution in [0.4, 0.5) is 0 Å². The number of alkyl halides is 1. The van der Waals surface area contributed by atoms with E-state index in [0.29, 0.717) is 15.6 Å². The Morgan fingerprint density at radius 2 is 1.85 bits per heavy atom. The van der Waals surface area contributed by atoms with Gasteiger partial charge < -0.3 is 0 Å². The third kappa shape index (κ3) is 2.37. The van der Waals surface area contributed by atoms with Crippen LogP contribution in [0.2, 0.25) is 10.0 Å². The molecular formula is C9H7Cl3O. The van der Waals surface area contributed by atoms with Gasteiger partial charge in [-0.3, -0.25) is 4.79 Å². The fourth-order valence-corrected chi connectivity index (χ4v) is 1.54. The first kappa shape index (κ1) is 10.8. The average Bonchev–Trinajstić information content (AvgIpc) is 2.10. The predicted molar refractivity (Wildman–Crippen MR) is 56.2 cm³/mol. The summed E-state index contributed by atoms with van der Waals surface area (Å²) in [7, 11) is 0. The second-order valence-corrected chi connectivity index (χ2v) is 3.72. The van der Waals surface area contributed by atoms with Gasteiger partial charge in [0, 0.05) is 5.56 Å². The third-order valence-corrected chi connectivity index (χ3v) is 2.65. The summed E-state index contributed by atoms with van der Waals surface area (Å²) in [4.78, 5) is 11.3. The largest absolute Gasteiger partial charge is 0.293 e. The lowest BCUT2D eigenvalue weighted by Gasteiger charge is -2.04. The molecule has 0 saturated heterocycles. The Kier molecular flexibility index (Phi) is 3.60. The van der Waals surface area contributed by atoms with Crippen LogP contribution in [-0.4, -0.2) is 11.7 Å². The van der Waals surface area contributed by atoms with Crippen LogP contribution in [0.5, 0.6) is 0 Å². The number of aryl methyl sites for hydroxylation is 1. The summed E-state index contributed by atoms with van der Waals surface area (Å²) in [6.45, 7) is 1.79. The first-order valence-corrected chi connectivity index (χ1v) is 4.90. The first-order valence-electron chi connectivity index (χ1n) is 3.61. The molecule has 0 radical (unpaired) electrons. The van der Waals surface area contributed by atoms with Crippen LogP contribution in [0.1, 0.15) is 15.9 Å². The van der Waals surface area contributed by atoms with Crippen molar-refractivity contribution in [2.24, 2.45) is 0 Å². The van der Waals surface area contributed by atoms with Gasteiger partial charge in [-0.25, -0.2) is 0 Å². The molecule has 1 aromatic rings. The van der Waals surface area contributed by atoms with Crippen LogP contribution in [0, 0.1) is 6.92 Å². The third-order valence-electron chi connectivity index (χ3n) is 1.69. The van der Waals surface area contributed by atoms with Gasteiger partial charge >= 0.3 is 0 Å². The van der Waals surface area contributed by atoms with Crippen LogP contribution >= 0.6 is 34.8 Å². The molecule has 0 saturated carbocycles. The number of benzene rings is 1. The van der Waals surface area contributed by atoms with E-state index in [1.54, 1.807) is 19.1 Å². The van der Waals surface area contributed by atoms with Crippen molar-refractivity contribution >= 4 is 40.6 Å². The monoisotopic (exact) mass is 236 g/mol. The Bertz CT molecular complexity index is 347. The molecule has 70 valence electrons. The van der Waals surface area contributed by atoms with Crippen molar-refractivity contribution in [3.05, 3.63) is 33.3 Å². The summed E-state index contributed by atoms with van der Waals surface area (Å²) >= 11 is 16.9. The highest BCUT2D eigenvalue weighted by Gasteiger charge is 2.10. The van der Waals surface area contributed by atoms with Gasteiger partial charge in [0.15, 0.2) is 5.78 Å². The zero-order chi connectivity index (χ0) is 10.0. The molecule has 1 aromatic carbocycles. The molecular weight excluding hydrogens is 230 g/mol. The van der Waals surface area contributed by atoms with E-state index in [1.807, 2.05) is 0 Å². The van der Waals surface area contributed by atoms with Gasteiger partial charge in [0.25, 0.3) is 0 Å². The highest BCUT2D eigenvalue weighted by atomic mass is 35.5. The lowest BCUT2D eigenvalue weighted by atomic mass is 10.1. The van der Waals surface area contributed by atoms with E-state index in [9.17, 15) is 4.79 Å². The normalized spacial score (nSPS) is 10.2. The number of carbonyl (C=O) groups excluding carboxylic acids is 1. The standard InChI is InChI=1S/C9H7Cl3O/c1-5-2-7(11)8(12)3-6(5)9(13)4-10/h2-3H,4H2,1H3. The van der Waals surface area contributed by atoms with Crippen molar-refractivity contribution in [3.8, 4) is 0 Å². The van der Waals surface area contributed by atoms with Gasteiger partial charge in [-0.1, -0.05) is 23.2 Å². The topological polar surface area (TPSA) is 17.1 Å². The zero-order valence-electron chi connectivity index (χ0n) is 6.90. The van der Waals surface area contributed by atoms with Crippen LogP contribution in [0.25, 0.3) is 0 Å². The molecule has 0 bridgehead atoms. The van der Waals surface area contributed by atoms with Crippen molar-refractivity contribution in [2.75, 3.05) is 5.88 Å². The second-order valence-electron chi connectivity index (χ2n) is 2.64. The number of ketones is 1. The fraction of sp³-hybridized carbons (Fsp3) is 0.222. The van der Waals surface area contributed by atoms with E-state index in [1.165, 1.54) is 0 Å². The molecule has 0 aliphatic carbocycles. The number of hydrogen-bond acceptors (Lipinski definition) is 1. The number of hydrogen-bond donors (Lipinski definition) is 0. The maximum Gasteiger partial charge on any atom is 0.177 e. The molecule has 0 spiro atoms. The Hall–Kier alpha value is -0.240. The second kappa shape index (κ2) is 4.32. The quantitative estimate of drug-likeness (QED) is 0.566. The Morgan fingerprint density at radius 3 is 2.38 bits per heavy atom. The van der Waals surface area contributed by atoms with Gasteiger partial charge in [0.1, 0.15) is 0 Å². The van der Waals surface area contributed by atoms with Gasteiger partial charge in [-0.2, -0.15) is 0 Å². The maximum absolute atomic E-state index is 11.3. The maximum atomic E-state index is 11.3. The van der Waals surface area contributed by atoms with E-state index < -0.39 is 0 Å². The Labute approximate surface area is 91.6 Å². The van der Waals surface area contributed by atoms with E-state index >= 15 is 0 Å². The van der Waals surface area contributed by atoms with Gasteiger partial charge in [-0.15, -0.1) is 11.6 Å². The van der Waals surface area contributed by atoms with Crippen molar-refractivity contribution in [2.45, 2.75) is 6.92 Å². The van der Waals surface area contributed by atoms with Crippen LogP contribution in [0.15, 0.2) is 12.1 Å². The average molecular weight is 238 g/mol. The summed E-state index contributed by atoms with van der Waals surface area (Å²) in [5.74, 6) is -0.184. The van der Waals surface area contributed by atoms with Crippen LogP contribution in [-0.2, 0) is 0 Å². The van der Waals surface area contributed by atoms with Crippen molar-refractivity contribution in [3.63, 3.8) is 0 Å². The lowest BCUT2D eigenvalue weighted by Crippen LogP contribution is -2.02. The van der Waals surface area contributed by atoms with Crippen LogP contribution < -0.4 is 0 Å². The number of carbonyl (C=O) groups is 1. The van der Waals surface area contributed by atoms with E-state index in [-0.39, 0.29) is 11.7 Å². The molecule has 0 heterocycles. The summed E-state index contributed by atoms with van der Waals surface area (Å²) in [6.07, 6.45) is 0. The molecule has 0 atom stereocenters. The molecule has 1 rings (SSSR count). The molecule has 0 amide bonds. The van der Waals surface area contributed by atoms with Crippen molar-refractivity contribution in [1.29, 1.82) is 0 Å². The van der Waals surface area contributed by atoms with Crippen molar-refractivity contribution in [1.82, 2.24) is 0 Å². The van der Waals surface area contributed by atoms with Crippen LogP contribution in [0.3, 0.4) is 0 Å². The summed E-state index contributed by atoms with van der Waals surface area (Å²) < 4.78 is 0. The van der Waals surface area contributed by atoms with E-state index in [2.05, 4.69) is 0 Å². The predicted octanol–water partition coefficient (Wildman–Crippen LogP) is 3.72. The number of halogens is 3. The summed E-state index contributed by atoms with van der Waals surface area (Å²) in [5, 5.41) is 0.825. The summed E-state index contributed by atoms with van der Waals surface area (Å²) in [5.41, 5.74) is 1.32. The minimum Gasteiger partial charge on any atom is -0.293 e. The Balaban J connectivity index is 3.23. The highest BCUT2D eigenvalue weighted by molar-refractivity contribution is 6.42. The number of Topliss-reactive ketones (excluding diaryl/α,β-unsaturated/α-hetero) is 1. The smallest absolute Gasteiger partial charge is 0.177 e. The summed E-state index contributed by atoms with van der Waals surface area (Å²) in [6, 6.07) is 3.20.